The number of aryl methyl sites for hydroxylation is 4. The molecule has 2 atom stereocenters. The van der Waals surface area contributed by atoms with Gasteiger partial charge in [0.05, 0.1) is 23.0 Å². The molecule has 2 heteroatoms. The molecular formula is C33H34N2. The number of rotatable bonds is 2. The van der Waals surface area contributed by atoms with Gasteiger partial charge in [0.2, 0.25) is 0 Å². The maximum Gasteiger partial charge on any atom is 0.0994 e. The number of allylic oxidation sites excluding steroid dienone is 1. The Hall–Kier alpha value is -3.44. The molecule has 0 saturated carbocycles. The zero-order valence-corrected chi connectivity index (χ0v) is 22.2. The van der Waals surface area contributed by atoms with Crippen LogP contribution >= 0.6 is 0 Å². The third-order valence-corrected chi connectivity index (χ3v) is 8.48. The van der Waals surface area contributed by atoms with Gasteiger partial charge in [0, 0.05) is 16.9 Å². The highest BCUT2D eigenvalue weighted by Crippen LogP contribution is 2.56. The van der Waals surface area contributed by atoms with E-state index in [4.69, 9.17) is 4.99 Å². The minimum absolute atomic E-state index is 0.0455. The average molecular weight is 459 g/mol. The average Bonchev–Trinajstić information content (AvgIpc) is 3.03. The number of nitriles is 1. The summed E-state index contributed by atoms with van der Waals surface area (Å²) in [7, 11) is 0. The standard InChI is InChI=1S/C33H34N2/c1-18-11-19(2)14-26(13-18)32-29-16-33(8,30-21(4)12-20(3)15-28(29)30)24(7)31(35-32)27-10-9-25(17-34)22(5)23(27)6/h9-15,24H,16H2,1-8H3/t24?,33-/m1/s1. The first kappa shape index (κ1) is 23.3. The molecule has 3 aromatic rings. The molecule has 1 aliphatic carbocycles. The summed E-state index contributed by atoms with van der Waals surface area (Å²) in [6.45, 7) is 17.8. The summed E-state index contributed by atoms with van der Waals surface area (Å²) in [5.41, 5.74) is 16.9. The molecule has 2 nitrogen and oxygen atoms in total. The number of benzene rings is 3. The zero-order valence-electron chi connectivity index (χ0n) is 22.2. The maximum absolute atomic E-state index is 9.59. The lowest BCUT2D eigenvalue weighted by Gasteiger charge is -2.35. The van der Waals surface area contributed by atoms with Crippen molar-refractivity contribution in [3.63, 3.8) is 0 Å². The smallest absolute Gasteiger partial charge is 0.0994 e. The highest BCUT2D eigenvalue weighted by Gasteiger charge is 2.47. The number of hydrogen-bond acceptors (Lipinski definition) is 2. The molecule has 2 aliphatic rings. The van der Waals surface area contributed by atoms with E-state index in [9.17, 15) is 5.26 Å². The lowest BCUT2D eigenvalue weighted by Crippen LogP contribution is -2.34. The van der Waals surface area contributed by atoms with Gasteiger partial charge in [0.1, 0.15) is 0 Å². The second-order valence-corrected chi connectivity index (χ2v) is 11.0. The topological polar surface area (TPSA) is 36.1 Å². The molecule has 1 unspecified atom stereocenters. The first-order valence-corrected chi connectivity index (χ1v) is 12.6. The van der Waals surface area contributed by atoms with Gasteiger partial charge in [-0.1, -0.05) is 54.8 Å². The van der Waals surface area contributed by atoms with E-state index >= 15 is 0 Å². The minimum Gasteiger partial charge on any atom is -0.252 e. The Kier molecular flexibility index (Phi) is 5.37. The Morgan fingerprint density at radius 2 is 1.51 bits per heavy atom. The van der Waals surface area contributed by atoms with Crippen LogP contribution in [0.2, 0.25) is 0 Å². The van der Waals surface area contributed by atoms with E-state index in [-0.39, 0.29) is 11.3 Å². The van der Waals surface area contributed by atoms with Crippen LogP contribution in [0, 0.1) is 58.8 Å². The van der Waals surface area contributed by atoms with Crippen LogP contribution in [-0.2, 0) is 5.41 Å². The fraction of sp³-hybridized carbons (Fsp3) is 0.333. The zero-order chi connectivity index (χ0) is 25.2. The fourth-order valence-corrected chi connectivity index (χ4v) is 6.54. The van der Waals surface area contributed by atoms with E-state index in [0.29, 0.717) is 0 Å². The van der Waals surface area contributed by atoms with Crippen molar-refractivity contribution in [3.8, 4) is 6.07 Å². The molecule has 0 fully saturated rings. The fourth-order valence-electron chi connectivity index (χ4n) is 6.54. The second kappa shape index (κ2) is 8.06. The largest absolute Gasteiger partial charge is 0.252 e. The minimum atomic E-state index is -0.0455. The van der Waals surface area contributed by atoms with E-state index in [1.165, 1.54) is 44.5 Å². The molecule has 3 aromatic carbocycles. The van der Waals surface area contributed by atoms with Gasteiger partial charge < -0.3 is 0 Å². The van der Waals surface area contributed by atoms with E-state index in [1.54, 1.807) is 0 Å². The number of aliphatic imine (C=N–C) groups is 1. The first-order chi connectivity index (χ1) is 16.5. The molecule has 1 aliphatic heterocycles. The molecular weight excluding hydrogens is 424 g/mol. The summed E-state index contributed by atoms with van der Waals surface area (Å²) in [5, 5.41) is 9.59. The molecule has 2 bridgehead atoms. The summed E-state index contributed by atoms with van der Waals surface area (Å²) in [4.78, 5) is 5.54. The van der Waals surface area contributed by atoms with Crippen molar-refractivity contribution in [1.29, 1.82) is 5.26 Å². The van der Waals surface area contributed by atoms with Crippen molar-refractivity contribution in [2.24, 2.45) is 10.9 Å². The van der Waals surface area contributed by atoms with Gasteiger partial charge in [0.15, 0.2) is 0 Å². The number of fused-ring (bicyclic) bond motifs is 5. The van der Waals surface area contributed by atoms with E-state index < -0.39 is 0 Å². The SMILES string of the molecule is Cc1cc(C)cc(C2=C3C[C@@](C)(c4c(C)cc(C)cc43)C(C)C(c3ccc(C#N)c(C)c3C)=N2)c1. The first-order valence-electron chi connectivity index (χ1n) is 12.6. The van der Waals surface area contributed by atoms with Crippen LogP contribution in [0.5, 0.6) is 0 Å². The monoisotopic (exact) mass is 458 g/mol. The molecule has 0 radical (unpaired) electrons. The summed E-state index contributed by atoms with van der Waals surface area (Å²) in [5.74, 6) is 0.217. The van der Waals surface area contributed by atoms with Crippen molar-refractivity contribution in [2.75, 3.05) is 0 Å². The third-order valence-electron chi connectivity index (χ3n) is 8.48. The van der Waals surface area contributed by atoms with Crippen LogP contribution in [0.25, 0.3) is 11.3 Å². The Morgan fingerprint density at radius 3 is 2.17 bits per heavy atom. The molecule has 0 N–H and O–H groups in total. The molecule has 1 heterocycles. The van der Waals surface area contributed by atoms with Gasteiger partial charge >= 0.3 is 0 Å². The van der Waals surface area contributed by atoms with E-state index in [1.807, 2.05) is 6.07 Å². The van der Waals surface area contributed by atoms with Crippen molar-refractivity contribution in [1.82, 2.24) is 0 Å². The Morgan fingerprint density at radius 1 is 0.857 bits per heavy atom. The van der Waals surface area contributed by atoms with Crippen molar-refractivity contribution in [2.45, 2.75) is 67.2 Å². The number of nitrogens with zero attached hydrogens (tertiary/aromatic N) is 2. The lowest BCUT2D eigenvalue weighted by atomic mass is 9.68. The van der Waals surface area contributed by atoms with Gasteiger partial charge in [0.25, 0.3) is 0 Å². The quantitative estimate of drug-likeness (QED) is 0.382. The van der Waals surface area contributed by atoms with Crippen LogP contribution in [-0.4, -0.2) is 5.71 Å². The lowest BCUT2D eigenvalue weighted by molar-refractivity contribution is 0.413. The molecule has 35 heavy (non-hydrogen) atoms. The summed E-state index contributed by atoms with van der Waals surface area (Å²) in [6.07, 6.45) is 0.984. The van der Waals surface area contributed by atoms with Crippen LogP contribution in [0.3, 0.4) is 0 Å². The van der Waals surface area contributed by atoms with Gasteiger partial charge in [-0.15, -0.1) is 0 Å². The van der Waals surface area contributed by atoms with Gasteiger partial charge in [-0.05, 0) is 105 Å². The summed E-state index contributed by atoms with van der Waals surface area (Å²) >= 11 is 0. The van der Waals surface area contributed by atoms with Gasteiger partial charge in [-0.2, -0.15) is 5.26 Å². The van der Waals surface area contributed by atoms with Crippen molar-refractivity contribution < 1.29 is 0 Å². The van der Waals surface area contributed by atoms with Crippen LogP contribution in [0.4, 0.5) is 0 Å². The molecule has 0 spiro atoms. The Bertz CT molecular complexity index is 1490. The Labute approximate surface area is 210 Å². The van der Waals surface area contributed by atoms with E-state index in [0.717, 1.165) is 40.1 Å². The number of hydrogen-bond donors (Lipinski definition) is 0. The van der Waals surface area contributed by atoms with Gasteiger partial charge in [-0.25, -0.2) is 0 Å². The highest BCUT2D eigenvalue weighted by atomic mass is 14.8. The predicted octanol–water partition coefficient (Wildman–Crippen LogP) is 8.08. The van der Waals surface area contributed by atoms with Crippen molar-refractivity contribution in [3.05, 3.63) is 104 Å². The summed E-state index contributed by atoms with van der Waals surface area (Å²) in [6, 6.07) is 17.9. The molecule has 0 amide bonds. The molecule has 0 aromatic heterocycles. The third kappa shape index (κ3) is 3.49. The maximum atomic E-state index is 9.59. The Balaban J connectivity index is 1.89. The highest BCUT2D eigenvalue weighted by molar-refractivity contribution is 6.11. The van der Waals surface area contributed by atoms with Crippen LogP contribution in [0.1, 0.15) is 81.5 Å². The molecule has 5 rings (SSSR count). The van der Waals surface area contributed by atoms with Crippen LogP contribution < -0.4 is 0 Å². The predicted molar refractivity (Wildman–Crippen MR) is 147 cm³/mol. The van der Waals surface area contributed by atoms with Crippen LogP contribution in [0.15, 0.2) is 47.5 Å². The van der Waals surface area contributed by atoms with Gasteiger partial charge in [-0.3, -0.25) is 4.99 Å². The summed E-state index contributed by atoms with van der Waals surface area (Å²) < 4.78 is 0. The normalized spacial score (nSPS) is 20.9. The molecule has 176 valence electrons. The van der Waals surface area contributed by atoms with Crippen molar-refractivity contribution >= 4 is 17.0 Å². The van der Waals surface area contributed by atoms with E-state index in [2.05, 4.69) is 97.9 Å². The molecule has 0 saturated heterocycles. The second-order valence-electron chi connectivity index (χ2n) is 11.0.